The molecule has 1 N–H and O–H groups in total. The Bertz CT molecular complexity index is 905. The van der Waals surface area contributed by atoms with Crippen LogP contribution in [0.4, 0.5) is 17.1 Å². The van der Waals surface area contributed by atoms with Crippen molar-refractivity contribution in [3.63, 3.8) is 0 Å². The van der Waals surface area contributed by atoms with Crippen LogP contribution in [0.1, 0.15) is 24.8 Å². The van der Waals surface area contributed by atoms with E-state index in [1.54, 1.807) is 19.1 Å². The number of rotatable bonds is 5. The summed E-state index contributed by atoms with van der Waals surface area (Å²) >= 11 is 0. The van der Waals surface area contributed by atoms with Crippen LogP contribution in [0.5, 0.6) is 0 Å². The Morgan fingerprint density at radius 1 is 1.04 bits per heavy atom. The molecule has 0 saturated carbocycles. The molecule has 2 aromatic rings. The molecule has 0 amide bonds. The molecule has 8 heteroatoms. The number of hydrogen-bond donors (Lipinski definition) is 1. The zero-order valence-corrected chi connectivity index (χ0v) is 15.3. The normalized spacial score (nSPS) is 14.9. The van der Waals surface area contributed by atoms with Crippen LogP contribution in [0.3, 0.4) is 0 Å². The summed E-state index contributed by atoms with van der Waals surface area (Å²) in [4.78, 5) is 12.5. The van der Waals surface area contributed by atoms with Crippen molar-refractivity contribution in [2.75, 3.05) is 22.7 Å². The highest BCUT2D eigenvalue weighted by atomic mass is 32.2. The van der Waals surface area contributed by atoms with Crippen LogP contribution in [0.25, 0.3) is 0 Å². The number of sulfonamides is 1. The fraction of sp³-hybridized carbons (Fsp3) is 0.333. The number of benzene rings is 2. The number of non-ortho nitro benzene ring substituents is 1. The quantitative estimate of drug-likeness (QED) is 0.635. The highest BCUT2D eigenvalue weighted by molar-refractivity contribution is 7.92. The van der Waals surface area contributed by atoms with Gasteiger partial charge in [-0.15, -0.1) is 0 Å². The predicted molar refractivity (Wildman–Crippen MR) is 101 cm³/mol. The summed E-state index contributed by atoms with van der Waals surface area (Å²) in [6.07, 6.45) is 3.58. The zero-order valence-electron chi connectivity index (χ0n) is 14.5. The lowest BCUT2D eigenvalue weighted by Crippen LogP contribution is -2.29. The van der Waals surface area contributed by atoms with E-state index in [4.69, 9.17) is 0 Å². The Morgan fingerprint density at radius 2 is 1.69 bits per heavy atom. The largest absolute Gasteiger partial charge is 0.372 e. The van der Waals surface area contributed by atoms with Crippen LogP contribution >= 0.6 is 0 Å². The molecule has 1 aliphatic heterocycles. The van der Waals surface area contributed by atoms with Crippen LogP contribution in [0.2, 0.25) is 0 Å². The lowest BCUT2D eigenvalue weighted by molar-refractivity contribution is -0.385. The fourth-order valence-electron chi connectivity index (χ4n) is 3.09. The lowest BCUT2D eigenvalue weighted by atomic mass is 10.1. The Kier molecular flexibility index (Phi) is 5.13. The summed E-state index contributed by atoms with van der Waals surface area (Å²) in [7, 11) is -3.91. The first kappa shape index (κ1) is 18.2. The highest BCUT2D eigenvalue weighted by Crippen LogP contribution is 2.26. The second-order valence-electron chi connectivity index (χ2n) is 6.41. The third kappa shape index (κ3) is 3.96. The van der Waals surface area contributed by atoms with E-state index in [1.807, 2.05) is 12.1 Å². The second-order valence-corrected chi connectivity index (χ2v) is 8.06. The third-order valence-electron chi connectivity index (χ3n) is 4.51. The van der Waals surface area contributed by atoms with E-state index >= 15 is 0 Å². The number of piperidine rings is 1. The van der Waals surface area contributed by atoms with Gasteiger partial charge in [0.25, 0.3) is 15.7 Å². The van der Waals surface area contributed by atoms with E-state index in [0.717, 1.165) is 24.8 Å². The molecule has 1 heterocycles. The molecule has 138 valence electrons. The molecular weight excluding hydrogens is 354 g/mol. The number of nitro benzene ring substituents is 1. The molecule has 0 aromatic heterocycles. The Morgan fingerprint density at radius 3 is 2.31 bits per heavy atom. The molecule has 1 saturated heterocycles. The number of anilines is 2. The van der Waals surface area contributed by atoms with Gasteiger partial charge in [0.05, 0.1) is 9.82 Å². The summed E-state index contributed by atoms with van der Waals surface area (Å²) in [5, 5.41) is 10.9. The summed E-state index contributed by atoms with van der Waals surface area (Å²) in [5.74, 6) is 0. The molecule has 0 spiro atoms. The predicted octanol–water partition coefficient (Wildman–Crippen LogP) is 3.69. The topological polar surface area (TPSA) is 92.5 Å². The van der Waals surface area contributed by atoms with Crippen molar-refractivity contribution in [3.8, 4) is 0 Å². The molecule has 7 nitrogen and oxygen atoms in total. The van der Waals surface area contributed by atoms with Crippen molar-refractivity contribution in [2.24, 2.45) is 0 Å². The molecule has 2 aromatic carbocycles. The summed E-state index contributed by atoms with van der Waals surface area (Å²) < 4.78 is 27.8. The van der Waals surface area contributed by atoms with Crippen LogP contribution in [0, 0.1) is 17.0 Å². The van der Waals surface area contributed by atoms with Gasteiger partial charge in [-0.05, 0) is 56.0 Å². The van der Waals surface area contributed by atoms with Crippen LogP contribution in [0.15, 0.2) is 47.4 Å². The maximum atomic E-state index is 12.6. The molecule has 0 aliphatic carbocycles. The van der Waals surface area contributed by atoms with Gasteiger partial charge >= 0.3 is 0 Å². The zero-order chi connectivity index (χ0) is 18.7. The van der Waals surface area contributed by atoms with Crippen LogP contribution in [-0.2, 0) is 10.0 Å². The number of nitrogens with one attached hydrogen (secondary N) is 1. The van der Waals surface area contributed by atoms with Crippen molar-refractivity contribution in [2.45, 2.75) is 31.1 Å². The fourth-order valence-corrected chi connectivity index (χ4v) is 4.42. The van der Waals surface area contributed by atoms with Gasteiger partial charge in [-0.1, -0.05) is 6.07 Å². The molecule has 1 aliphatic rings. The summed E-state index contributed by atoms with van der Waals surface area (Å²) in [6.45, 7) is 3.63. The van der Waals surface area contributed by atoms with Crippen molar-refractivity contribution >= 4 is 27.1 Å². The highest BCUT2D eigenvalue weighted by Gasteiger charge is 2.21. The van der Waals surface area contributed by atoms with Crippen molar-refractivity contribution in [1.82, 2.24) is 0 Å². The molecule has 0 atom stereocenters. The molecule has 26 heavy (non-hydrogen) atoms. The summed E-state index contributed by atoms with van der Waals surface area (Å²) in [6, 6.07) is 11.0. The monoisotopic (exact) mass is 375 g/mol. The van der Waals surface area contributed by atoms with Gasteiger partial charge < -0.3 is 4.90 Å². The van der Waals surface area contributed by atoms with Gasteiger partial charge in [0, 0.05) is 36.6 Å². The van der Waals surface area contributed by atoms with Gasteiger partial charge in [-0.25, -0.2) is 8.42 Å². The van der Waals surface area contributed by atoms with Crippen LogP contribution < -0.4 is 9.62 Å². The number of aryl methyl sites for hydroxylation is 1. The van der Waals surface area contributed by atoms with Crippen molar-refractivity contribution in [3.05, 3.63) is 58.1 Å². The van der Waals surface area contributed by atoms with E-state index < -0.39 is 14.9 Å². The van der Waals surface area contributed by atoms with Gasteiger partial charge in [-0.2, -0.15) is 0 Å². The minimum absolute atomic E-state index is 0.0909. The number of nitrogens with zero attached hydrogens (tertiary/aromatic N) is 2. The van der Waals surface area contributed by atoms with E-state index in [0.29, 0.717) is 11.3 Å². The van der Waals surface area contributed by atoms with Crippen LogP contribution in [-0.4, -0.2) is 26.4 Å². The van der Waals surface area contributed by atoms with Gasteiger partial charge in [-0.3, -0.25) is 14.8 Å². The van der Waals surface area contributed by atoms with Gasteiger partial charge in [0.1, 0.15) is 0 Å². The average Bonchev–Trinajstić information content (AvgIpc) is 2.63. The van der Waals surface area contributed by atoms with Gasteiger partial charge in [0.2, 0.25) is 0 Å². The SMILES string of the molecule is Cc1ccc([N+](=O)[O-])cc1S(=O)(=O)Nc1ccc(N2CCCCC2)cc1. The van der Waals surface area contributed by atoms with Gasteiger partial charge in [0.15, 0.2) is 0 Å². The molecule has 3 rings (SSSR count). The van der Waals surface area contributed by atoms with Crippen molar-refractivity contribution in [1.29, 1.82) is 0 Å². The Balaban J connectivity index is 1.81. The standard InChI is InChI=1S/C18H21N3O4S/c1-14-5-8-17(21(22)23)13-18(14)26(24,25)19-15-6-9-16(10-7-15)20-11-3-2-4-12-20/h5-10,13,19H,2-4,11-12H2,1H3. The first-order valence-corrected chi connectivity index (χ1v) is 9.98. The number of nitro groups is 1. The first-order valence-electron chi connectivity index (χ1n) is 8.50. The Hall–Kier alpha value is -2.61. The lowest BCUT2D eigenvalue weighted by Gasteiger charge is -2.28. The van der Waals surface area contributed by atoms with E-state index in [2.05, 4.69) is 9.62 Å². The molecule has 0 unspecified atom stereocenters. The molecule has 0 bridgehead atoms. The molecular formula is C18H21N3O4S. The first-order chi connectivity index (χ1) is 12.4. The Labute approximate surface area is 152 Å². The smallest absolute Gasteiger partial charge is 0.270 e. The third-order valence-corrected chi connectivity index (χ3v) is 6.04. The maximum Gasteiger partial charge on any atom is 0.270 e. The summed E-state index contributed by atoms with van der Waals surface area (Å²) in [5.41, 5.74) is 1.69. The van der Waals surface area contributed by atoms with E-state index in [9.17, 15) is 18.5 Å². The maximum absolute atomic E-state index is 12.6. The van der Waals surface area contributed by atoms with E-state index in [-0.39, 0.29) is 10.6 Å². The molecule has 1 fully saturated rings. The average molecular weight is 375 g/mol. The minimum atomic E-state index is -3.91. The van der Waals surface area contributed by atoms with E-state index in [1.165, 1.54) is 31.4 Å². The number of hydrogen-bond acceptors (Lipinski definition) is 5. The minimum Gasteiger partial charge on any atom is -0.372 e. The molecule has 0 radical (unpaired) electrons. The van der Waals surface area contributed by atoms with Crippen molar-refractivity contribution < 1.29 is 13.3 Å². The second kappa shape index (κ2) is 7.33.